The average Bonchev–Trinajstić information content (AvgIpc) is 3.16. The van der Waals surface area contributed by atoms with E-state index in [0.29, 0.717) is 11.2 Å². The summed E-state index contributed by atoms with van der Waals surface area (Å²) in [6.45, 7) is 4.96. The van der Waals surface area contributed by atoms with Gasteiger partial charge in [-0.3, -0.25) is 9.79 Å². The molecule has 0 aliphatic carbocycles. The normalized spacial score (nSPS) is 28.3. The van der Waals surface area contributed by atoms with E-state index in [2.05, 4.69) is 15.1 Å². The van der Waals surface area contributed by atoms with Crippen LogP contribution < -0.4 is 5.73 Å². The highest BCUT2D eigenvalue weighted by molar-refractivity contribution is 5.76. The number of anilines is 1. The summed E-state index contributed by atoms with van der Waals surface area (Å²) in [5, 5.41) is 25.6. The first-order valence-corrected chi connectivity index (χ1v) is 8.85. The number of aliphatic hydroxyl groups is 2. The molecule has 3 rings (SSSR count). The molecule has 1 aliphatic heterocycles. The predicted octanol–water partition coefficient (Wildman–Crippen LogP) is -0.0827. The maximum atomic E-state index is 12.1. The van der Waals surface area contributed by atoms with Gasteiger partial charge < -0.3 is 25.4 Å². The number of carbonyl (C=O) groups is 1. The smallest absolute Gasteiger partial charge is 0.311 e. The molecule has 2 aromatic rings. The SMILES string of the molecule is CN=C[C@@]1(c2ccc3c(N)ncnn23)O[C@H](COC(=O)C(C)(C)C)[C@@H](O)[C@H]1O. The quantitative estimate of drug-likeness (QED) is 0.485. The van der Waals surface area contributed by atoms with Crippen molar-refractivity contribution in [1.82, 2.24) is 14.6 Å². The second-order valence-electron chi connectivity index (χ2n) is 7.78. The lowest BCUT2D eigenvalue weighted by molar-refractivity contribution is -0.159. The van der Waals surface area contributed by atoms with E-state index >= 15 is 0 Å². The van der Waals surface area contributed by atoms with Crippen molar-refractivity contribution in [2.75, 3.05) is 19.4 Å². The highest BCUT2D eigenvalue weighted by Gasteiger charge is 2.56. The van der Waals surface area contributed by atoms with Gasteiger partial charge in [0.15, 0.2) is 11.4 Å². The first kappa shape index (κ1) is 20.2. The molecule has 10 heteroatoms. The summed E-state index contributed by atoms with van der Waals surface area (Å²) in [6, 6.07) is 3.35. The van der Waals surface area contributed by atoms with E-state index in [1.165, 1.54) is 24.1 Å². The van der Waals surface area contributed by atoms with Gasteiger partial charge in [-0.25, -0.2) is 9.50 Å². The summed E-state index contributed by atoms with van der Waals surface area (Å²) in [5.41, 5.74) is 4.62. The molecule has 0 radical (unpaired) electrons. The molecule has 1 fully saturated rings. The lowest BCUT2D eigenvalue weighted by atomic mass is 9.92. The molecule has 4 atom stereocenters. The molecule has 0 bridgehead atoms. The van der Waals surface area contributed by atoms with Crippen molar-refractivity contribution in [3.05, 3.63) is 24.2 Å². The lowest BCUT2D eigenvalue weighted by Gasteiger charge is -2.27. The summed E-state index contributed by atoms with van der Waals surface area (Å²) in [5.74, 6) is -0.179. The maximum absolute atomic E-state index is 12.1. The number of carbonyl (C=O) groups excluding carboxylic acids is 1. The number of esters is 1. The Hall–Kier alpha value is -2.56. The molecule has 0 saturated carbocycles. The third-order valence-electron chi connectivity index (χ3n) is 4.68. The number of aliphatic imine (C=N–C) groups is 1. The van der Waals surface area contributed by atoms with Gasteiger partial charge in [0.2, 0.25) is 0 Å². The molecule has 152 valence electrons. The lowest BCUT2D eigenvalue weighted by Crippen LogP contribution is -2.43. The Labute approximate surface area is 162 Å². The van der Waals surface area contributed by atoms with E-state index in [1.54, 1.807) is 32.9 Å². The number of nitrogen functional groups attached to an aromatic ring is 1. The predicted molar refractivity (Wildman–Crippen MR) is 101 cm³/mol. The van der Waals surface area contributed by atoms with Crippen LogP contribution in [0.4, 0.5) is 5.82 Å². The number of rotatable bonds is 4. The number of hydrogen-bond acceptors (Lipinski definition) is 9. The molecule has 28 heavy (non-hydrogen) atoms. The Morgan fingerprint density at radius 2 is 2.18 bits per heavy atom. The Morgan fingerprint density at radius 1 is 1.46 bits per heavy atom. The number of aliphatic hydroxyl groups excluding tert-OH is 2. The minimum atomic E-state index is -1.50. The number of hydrogen-bond donors (Lipinski definition) is 3. The Bertz CT molecular complexity index is 905. The van der Waals surface area contributed by atoms with Gasteiger partial charge in [0, 0.05) is 13.3 Å². The molecular weight excluding hydrogens is 366 g/mol. The largest absolute Gasteiger partial charge is 0.462 e. The Balaban J connectivity index is 1.96. The summed E-state index contributed by atoms with van der Waals surface area (Å²) in [4.78, 5) is 20.0. The Morgan fingerprint density at radius 3 is 2.82 bits per heavy atom. The van der Waals surface area contributed by atoms with Gasteiger partial charge in [-0.2, -0.15) is 5.10 Å². The summed E-state index contributed by atoms with van der Waals surface area (Å²) >= 11 is 0. The topological polar surface area (TPSA) is 145 Å². The van der Waals surface area contributed by atoms with Gasteiger partial charge >= 0.3 is 5.97 Å². The fourth-order valence-corrected chi connectivity index (χ4v) is 3.18. The van der Waals surface area contributed by atoms with Gasteiger partial charge in [-0.15, -0.1) is 0 Å². The molecule has 0 unspecified atom stereocenters. The van der Waals surface area contributed by atoms with Crippen LogP contribution in [-0.4, -0.2) is 69.0 Å². The number of nitrogens with zero attached hydrogens (tertiary/aromatic N) is 4. The molecule has 1 aliphatic rings. The zero-order valence-corrected chi connectivity index (χ0v) is 16.2. The van der Waals surface area contributed by atoms with Gasteiger partial charge in [0.1, 0.15) is 36.8 Å². The standard InChI is InChI=1S/C18H25N5O5/c1-17(2,3)16(26)27-7-11-13(24)14(25)18(28-11,8-20-4)12-6-5-10-15(19)21-9-22-23(10)12/h5-6,8-9,11,13-14,24-25H,7H2,1-4H3,(H2,19,21,22)/t11-,13-,14-,18+/m1/s1. The third kappa shape index (κ3) is 3.23. The maximum Gasteiger partial charge on any atom is 0.311 e. The van der Waals surface area contributed by atoms with Crippen LogP contribution in [0.25, 0.3) is 5.52 Å². The van der Waals surface area contributed by atoms with E-state index in [0.717, 1.165) is 0 Å². The average molecular weight is 391 g/mol. The van der Waals surface area contributed by atoms with E-state index in [9.17, 15) is 15.0 Å². The van der Waals surface area contributed by atoms with Crippen LogP contribution in [0.2, 0.25) is 0 Å². The van der Waals surface area contributed by atoms with E-state index < -0.39 is 35.3 Å². The number of aromatic nitrogens is 3. The number of fused-ring (bicyclic) bond motifs is 1. The molecule has 0 amide bonds. The van der Waals surface area contributed by atoms with Crippen molar-refractivity contribution in [2.24, 2.45) is 10.4 Å². The molecule has 0 spiro atoms. The molecule has 3 heterocycles. The summed E-state index contributed by atoms with van der Waals surface area (Å²) < 4.78 is 12.8. The van der Waals surface area contributed by atoms with E-state index in [1.807, 2.05) is 0 Å². The second kappa shape index (κ2) is 7.12. The van der Waals surface area contributed by atoms with Crippen molar-refractivity contribution in [1.29, 1.82) is 0 Å². The van der Waals surface area contributed by atoms with Crippen molar-refractivity contribution in [3.63, 3.8) is 0 Å². The van der Waals surface area contributed by atoms with Crippen molar-refractivity contribution < 1.29 is 24.5 Å². The van der Waals surface area contributed by atoms with Crippen LogP contribution in [0.15, 0.2) is 23.5 Å². The van der Waals surface area contributed by atoms with E-state index in [-0.39, 0.29) is 12.4 Å². The summed E-state index contributed by atoms with van der Waals surface area (Å²) in [7, 11) is 1.52. The van der Waals surface area contributed by atoms with Crippen molar-refractivity contribution >= 4 is 23.5 Å². The van der Waals surface area contributed by atoms with Crippen LogP contribution >= 0.6 is 0 Å². The first-order valence-electron chi connectivity index (χ1n) is 8.85. The fourth-order valence-electron chi connectivity index (χ4n) is 3.18. The molecular formula is C18H25N5O5. The highest BCUT2D eigenvalue weighted by atomic mass is 16.6. The highest BCUT2D eigenvalue weighted by Crippen LogP contribution is 2.40. The van der Waals surface area contributed by atoms with Crippen LogP contribution in [0, 0.1) is 5.41 Å². The molecule has 1 saturated heterocycles. The molecule has 0 aromatic carbocycles. The van der Waals surface area contributed by atoms with Crippen LogP contribution in [0.1, 0.15) is 26.5 Å². The number of ether oxygens (including phenoxy) is 2. The second-order valence-corrected chi connectivity index (χ2v) is 7.78. The van der Waals surface area contributed by atoms with E-state index in [4.69, 9.17) is 15.2 Å². The summed E-state index contributed by atoms with van der Waals surface area (Å²) in [6.07, 6.45) is -0.960. The minimum Gasteiger partial charge on any atom is -0.462 e. The Kier molecular flexibility index (Phi) is 5.13. The van der Waals surface area contributed by atoms with Gasteiger partial charge in [-0.1, -0.05) is 0 Å². The van der Waals surface area contributed by atoms with Crippen LogP contribution in [0.3, 0.4) is 0 Å². The van der Waals surface area contributed by atoms with Gasteiger partial charge in [0.05, 0.1) is 11.1 Å². The van der Waals surface area contributed by atoms with Crippen LogP contribution in [-0.2, 0) is 19.9 Å². The first-order chi connectivity index (χ1) is 13.1. The van der Waals surface area contributed by atoms with Crippen molar-refractivity contribution in [2.45, 2.75) is 44.7 Å². The molecule has 4 N–H and O–H groups in total. The monoisotopic (exact) mass is 391 g/mol. The molecule has 2 aromatic heterocycles. The third-order valence-corrected chi connectivity index (χ3v) is 4.68. The fraction of sp³-hybridized carbons (Fsp3) is 0.556. The van der Waals surface area contributed by atoms with Crippen molar-refractivity contribution in [3.8, 4) is 0 Å². The van der Waals surface area contributed by atoms with Gasteiger partial charge in [-0.05, 0) is 32.9 Å². The minimum absolute atomic E-state index is 0.214. The zero-order valence-electron chi connectivity index (χ0n) is 16.2. The van der Waals surface area contributed by atoms with Gasteiger partial charge in [0.25, 0.3) is 0 Å². The van der Waals surface area contributed by atoms with Crippen LogP contribution in [0.5, 0.6) is 0 Å². The number of nitrogens with two attached hydrogens (primary N) is 1. The zero-order chi connectivity index (χ0) is 20.7. The molecule has 10 nitrogen and oxygen atoms in total.